The van der Waals surface area contributed by atoms with Crippen LogP contribution < -0.4 is 5.32 Å². The van der Waals surface area contributed by atoms with Crippen molar-refractivity contribution in [1.29, 1.82) is 0 Å². The Balaban J connectivity index is 1.90. The summed E-state index contributed by atoms with van der Waals surface area (Å²) < 4.78 is 10.8. The number of benzene rings is 1. The number of ether oxygens (including phenoxy) is 2. The summed E-state index contributed by atoms with van der Waals surface area (Å²) in [4.78, 5) is 25.0. The molecule has 0 aromatic heterocycles. The van der Waals surface area contributed by atoms with Crippen molar-refractivity contribution in [3.63, 3.8) is 0 Å². The van der Waals surface area contributed by atoms with Gasteiger partial charge in [0, 0.05) is 18.3 Å². The highest BCUT2D eigenvalue weighted by Crippen LogP contribution is 2.12. The number of nitrogens with one attached hydrogen (secondary N) is 1. The van der Waals surface area contributed by atoms with E-state index < -0.39 is 0 Å². The number of amides is 2. The van der Waals surface area contributed by atoms with Crippen molar-refractivity contribution in [3.05, 3.63) is 29.8 Å². The highest BCUT2D eigenvalue weighted by molar-refractivity contribution is 5.96. The summed E-state index contributed by atoms with van der Waals surface area (Å²) in [5.41, 5.74) is 1.17. The van der Waals surface area contributed by atoms with Crippen LogP contribution in [-0.2, 0) is 9.47 Å². The summed E-state index contributed by atoms with van der Waals surface area (Å²) >= 11 is 0. The fourth-order valence-electron chi connectivity index (χ4n) is 2.07. The number of hydrogen-bond donors (Lipinski definition) is 1. The number of carbonyl (C=O) groups is 2. The molecular weight excluding hydrogens is 272 g/mol. The van der Waals surface area contributed by atoms with Crippen molar-refractivity contribution in [2.45, 2.75) is 13.0 Å². The molecule has 114 valence electrons. The number of anilines is 1. The summed E-state index contributed by atoms with van der Waals surface area (Å²) in [5.74, 6) is -0.0350. The minimum Gasteiger partial charge on any atom is -0.376 e. The van der Waals surface area contributed by atoms with E-state index in [4.69, 9.17) is 9.47 Å². The van der Waals surface area contributed by atoms with Crippen LogP contribution in [0.3, 0.4) is 0 Å². The normalized spacial score (nSPS) is 18.1. The second-order valence-electron chi connectivity index (χ2n) is 5.02. The molecule has 1 heterocycles. The van der Waals surface area contributed by atoms with Crippen LogP contribution in [0.2, 0.25) is 0 Å². The van der Waals surface area contributed by atoms with Crippen molar-refractivity contribution in [2.24, 2.45) is 0 Å². The molecule has 0 aliphatic carbocycles. The fourth-order valence-corrected chi connectivity index (χ4v) is 2.07. The van der Waals surface area contributed by atoms with Gasteiger partial charge in [0.05, 0.1) is 32.5 Å². The molecule has 1 atom stereocenters. The zero-order chi connectivity index (χ0) is 15.2. The molecule has 1 aromatic carbocycles. The van der Waals surface area contributed by atoms with Crippen LogP contribution in [0.5, 0.6) is 0 Å². The van der Waals surface area contributed by atoms with E-state index in [1.807, 2.05) is 0 Å². The molecule has 1 aromatic rings. The van der Waals surface area contributed by atoms with Crippen molar-refractivity contribution in [1.82, 2.24) is 4.90 Å². The molecular formula is C15H20N2O4. The van der Waals surface area contributed by atoms with Crippen molar-refractivity contribution < 1.29 is 19.1 Å². The van der Waals surface area contributed by atoms with E-state index in [0.29, 0.717) is 37.6 Å². The van der Waals surface area contributed by atoms with E-state index >= 15 is 0 Å². The zero-order valence-electron chi connectivity index (χ0n) is 12.3. The Bertz CT molecular complexity index is 512. The fraction of sp³-hybridized carbons (Fsp3) is 0.467. The van der Waals surface area contributed by atoms with Crippen LogP contribution in [0.15, 0.2) is 24.3 Å². The van der Waals surface area contributed by atoms with Gasteiger partial charge in [-0.3, -0.25) is 4.79 Å². The topological polar surface area (TPSA) is 67.9 Å². The first kappa shape index (κ1) is 15.5. The Kier molecular flexibility index (Phi) is 5.30. The van der Waals surface area contributed by atoms with E-state index in [2.05, 4.69) is 5.32 Å². The predicted octanol–water partition coefficient (Wildman–Crippen LogP) is 1.77. The first-order chi connectivity index (χ1) is 10.1. The molecule has 0 radical (unpaired) electrons. The molecule has 2 rings (SSSR count). The molecule has 1 aliphatic rings. The molecule has 1 fully saturated rings. The molecule has 21 heavy (non-hydrogen) atoms. The molecule has 0 spiro atoms. The van der Waals surface area contributed by atoms with Crippen molar-refractivity contribution in [3.8, 4) is 0 Å². The Morgan fingerprint density at radius 3 is 2.86 bits per heavy atom. The lowest BCUT2D eigenvalue weighted by Crippen LogP contribution is -2.42. The summed E-state index contributed by atoms with van der Waals surface area (Å²) in [5, 5.41) is 2.76. The number of rotatable bonds is 4. The van der Waals surface area contributed by atoms with Gasteiger partial charge in [0.2, 0.25) is 0 Å². The number of hydrogen-bond acceptors (Lipinski definition) is 4. The maximum absolute atomic E-state index is 12.1. The maximum Gasteiger partial charge on any atom is 0.321 e. The van der Waals surface area contributed by atoms with Gasteiger partial charge in [0.1, 0.15) is 0 Å². The van der Waals surface area contributed by atoms with E-state index in [1.54, 1.807) is 36.2 Å². The Morgan fingerprint density at radius 1 is 1.38 bits per heavy atom. The number of urea groups is 1. The van der Waals surface area contributed by atoms with Gasteiger partial charge < -0.3 is 19.7 Å². The molecule has 0 saturated carbocycles. The molecule has 0 bridgehead atoms. The average molecular weight is 292 g/mol. The molecule has 1 saturated heterocycles. The lowest BCUT2D eigenvalue weighted by atomic mass is 10.1. The van der Waals surface area contributed by atoms with Gasteiger partial charge in [-0.2, -0.15) is 0 Å². The van der Waals surface area contributed by atoms with E-state index in [9.17, 15) is 9.59 Å². The van der Waals surface area contributed by atoms with Crippen LogP contribution in [0.1, 0.15) is 17.3 Å². The van der Waals surface area contributed by atoms with Crippen LogP contribution in [0.25, 0.3) is 0 Å². The SMILES string of the molecule is CC(=O)c1cccc(NC(=O)N(C)C[C@H]2COCCO2)c1. The van der Waals surface area contributed by atoms with Gasteiger partial charge in [0.25, 0.3) is 0 Å². The van der Waals surface area contributed by atoms with Gasteiger partial charge in [-0.15, -0.1) is 0 Å². The Labute approximate surface area is 124 Å². The zero-order valence-corrected chi connectivity index (χ0v) is 12.3. The third-order valence-corrected chi connectivity index (χ3v) is 3.23. The smallest absolute Gasteiger partial charge is 0.321 e. The van der Waals surface area contributed by atoms with E-state index in [0.717, 1.165) is 0 Å². The van der Waals surface area contributed by atoms with Crippen LogP contribution in [0, 0.1) is 0 Å². The summed E-state index contributed by atoms with van der Waals surface area (Å²) in [6.45, 7) is 3.61. The van der Waals surface area contributed by atoms with Gasteiger partial charge in [0.15, 0.2) is 5.78 Å². The number of nitrogens with zero attached hydrogens (tertiary/aromatic N) is 1. The summed E-state index contributed by atoms with van der Waals surface area (Å²) in [6, 6.07) is 6.62. The summed E-state index contributed by atoms with van der Waals surface area (Å²) in [6.07, 6.45) is -0.0990. The second-order valence-corrected chi connectivity index (χ2v) is 5.02. The van der Waals surface area contributed by atoms with Crippen LogP contribution in [-0.4, -0.2) is 56.2 Å². The van der Waals surface area contributed by atoms with E-state index in [-0.39, 0.29) is 17.9 Å². The first-order valence-electron chi connectivity index (χ1n) is 6.88. The van der Waals surface area contributed by atoms with Crippen LogP contribution in [0.4, 0.5) is 10.5 Å². The third kappa shape index (κ3) is 4.54. The first-order valence-corrected chi connectivity index (χ1v) is 6.88. The largest absolute Gasteiger partial charge is 0.376 e. The minimum atomic E-state index is -0.245. The lowest BCUT2D eigenvalue weighted by Gasteiger charge is -2.27. The Hall–Kier alpha value is -1.92. The third-order valence-electron chi connectivity index (χ3n) is 3.23. The number of ketones is 1. The summed E-state index contributed by atoms with van der Waals surface area (Å²) in [7, 11) is 1.70. The second kappa shape index (κ2) is 7.19. The van der Waals surface area contributed by atoms with Gasteiger partial charge in [-0.25, -0.2) is 4.79 Å². The number of carbonyl (C=O) groups excluding carboxylic acids is 2. The number of likely N-dealkylation sites (N-methyl/N-ethyl adjacent to an activating group) is 1. The standard InChI is InChI=1S/C15H20N2O4/c1-11(18)12-4-3-5-13(8-12)16-15(19)17(2)9-14-10-20-6-7-21-14/h3-5,8,14H,6-7,9-10H2,1-2H3,(H,16,19)/t14-/m0/s1. The molecule has 1 N–H and O–H groups in total. The van der Waals surface area contributed by atoms with Crippen molar-refractivity contribution >= 4 is 17.5 Å². The quantitative estimate of drug-likeness (QED) is 0.859. The molecule has 6 heteroatoms. The molecule has 0 unspecified atom stereocenters. The highest BCUT2D eigenvalue weighted by atomic mass is 16.6. The van der Waals surface area contributed by atoms with Gasteiger partial charge in [-0.05, 0) is 19.1 Å². The van der Waals surface area contributed by atoms with Crippen molar-refractivity contribution in [2.75, 3.05) is 38.7 Å². The van der Waals surface area contributed by atoms with E-state index in [1.165, 1.54) is 6.92 Å². The predicted molar refractivity (Wildman–Crippen MR) is 78.7 cm³/mol. The molecule has 6 nitrogen and oxygen atoms in total. The maximum atomic E-state index is 12.1. The number of Topliss-reactive ketones (excluding diaryl/α,β-unsaturated/α-hetero) is 1. The molecule has 2 amide bonds. The monoisotopic (exact) mass is 292 g/mol. The minimum absolute atomic E-state index is 0.0350. The lowest BCUT2D eigenvalue weighted by molar-refractivity contribution is -0.0925. The Morgan fingerprint density at radius 2 is 2.19 bits per heavy atom. The average Bonchev–Trinajstić information content (AvgIpc) is 2.48. The van der Waals surface area contributed by atoms with Gasteiger partial charge >= 0.3 is 6.03 Å². The highest BCUT2D eigenvalue weighted by Gasteiger charge is 2.19. The van der Waals surface area contributed by atoms with Crippen LogP contribution >= 0.6 is 0 Å². The van der Waals surface area contributed by atoms with Gasteiger partial charge in [-0.1, -0.05) is 12.1 Å². The molecule has 1 aliphatic heterocycles.